The van der Waals surface area contributed by atoms with Crippen LogP contribution in [-0.4, -0.2) is 79.3 Å². The van der Waals surface area contributed by atoms with Crippen LogP contribution in [0.5, 0.6) is 5.75 Å². The van der Waals surface area contributed by atoms with Crippen LogP contribution in [0.25, 0.3) is 5.76 Å². The van der Waals surface area contributed by atoms with Crippen molar-refractivity contribution in [3.05, 3.63) is 75.3 Å². The van der Waals surface area contributed by atoms with Gasteiger partial charge in [0.25, 0.3) is 5.91 Å². The van der Waals surface area contributed by atoms with Gasteiger partial charge in [-0.15, -0.1) is 0 Å². The molecule has 6 rings (SSSR count). The Balaban J connectivity index is 1.45. The van der Waals surface area contributed by atoms with Crippen LogP contribution in [0.4, 0.5) is 0 Å². The third kappa shape index (κ3) is 5.52. The molecule has 4 atom stereocenters. The number of carbonyl (C=O) groups is 4. The number of amides is 1. The van der Waals surface area contributed by atoms with Crippen LogP contribution in [0.2, 0.25) is 0 Å². The van der Waals surface area contributed by atoms with E-state index in [1.165, 1.54) is 30.4 Å². The summed E-state index contributed by atoms with van der Waals surface area (Å²) in [6.45, 7) is 0. The molecule has 0 aliphatic heterocycles. The maximum Gasteiger partial charge on any atom is 0.255 e. The first kappa shape index (κ1) is 33.5. The lowest BCUT2D eigenvalue weighted by Gasteiger charge is -2.50. The number of aliphatic hydroxyl groups is 3. The summed E-state index contributed by atoms with van der Waals surface area (Å²) >= 11 is 0. The van der Waals surface area contributed by atoms with Gasteiger partial charge in [0.05, 0.1) is 11.6 Å². The number of nitrogens with zero attached hydrogens (tertiary/aromatic N) is 2. The summed E-state index contributed by atoms with van der Waals surface area (Å²) in [6.07, 6.45) is 11.1. The molecule has 1 heterocycles. The summed E-state index contributed by atoms with van der Waals surface area (Å²) in [5, 5.41) is 46.6. The van der Waals surface area contributed by atoms with Gasteiger partial charge in [0, 0.05) is 35.9 Å². The first-order chi connectivity index (χ1) is 22.9. The Labute approximate surface area is 279 Å². The molecule has 0 radical (unpaired) electrons. The average Bonchev–Trinajstić information content (AvgIpc) is 3.06. The van der Waals surface area contributed by atoms with Crippen molar-refractivity contribution in [2.24, 2.45) is 23.5 Å². The van der Waals surface area contributed by atoms with Crippen LogP contribution >= 0.6 is 0 Å². The van der Waals surface area contributed by atoms with Crippen molar-refractivity contribution in [1.82, 2.24) is 9.88 Å². The van der Waals surface area contributed by atoms with Crippen LogP contribution < -0.4 is 5.73 Å². The van der Waals surface area contributed by atoms with Crippen LogP contribution in [0.15, 0.2) is 47.5 Å². The van der Waals surface area contributed by atoms with E-state index in [0.717, 1.165) is 24.8 Å². The van der Waals surface area contributed by atoms with Gasteiger partial charge in [0.2, 0.25) is 5.78 Å². The molecule has 11 nitrogen and oxygen atoms in total. The van der Waals surface area contributed by atoms with Gasteiger partial charge in [0.15, 0.2) is 17.2 Å². The zero-order valence-electron chi connectivity index (χ0n) is 27.4. The minimum Gasteiger partial charge on any atom is -0.508 e. The Kier molecular flexibility index (Phi) is 9.04. The van der Waals surface area contributed by atoms with Crippen LogP contribution in [0.1, 0.15) is 84.0 Å². The molecular weight excluding hydrogens is 614 g/mol. The Morgan fingerprint density at radius 3 is 2.44 bits per heavy atom. The number of carbonyl (C=O) groups excluding carboxylic acids is 4. The number of aryl methyl sites for hydroxylation is 2. The van der Waals surface area contributed by atoms with Crippen molar-refractivity contribution in [2.75, 3.05) is 14.1 Å². The summed E-state index contributed by atoms with van der Waals surface area (Å²) in [4.78, 5) is 58.5. The smallest absolute Gasteiger partial charge is 0.255 e. The van der Waals surface area contributed by atoms with Crippen LogP contribution in [0, 0.1) is 17.8 Å². The Morgan fingerprint density at radius 1 is 1.06 bits per heavy atom. The third-order valence-electron chi connectivity index (χ3n) is 11.0. The van der Waals surface area contributed by atoms with Crippen molar-refractivity contribution < 1.29 is 39.6 Å². The molecule has 0 saturated heterocycles. The molecule has 1 aromatic heterocycles. The Bertz CT molecular complexity index is 1740. The molecule has 4 aliphatic carbocycles. The summed E-state index contributed by atoms with van der Waals surface area (Å²) in [5.74, 6) is -6.34. The number of phenolic OH excluding ortho intramolecular Hbond substituents is 1. The summed E-state index contributed by atoms with van der Waals surface area (Å²) in [7, 11) is 3.16. The predicted molar refractivity (Wildman–Crippen MR) is 176 cm³/mol. The lowest BCUT2D eigenvalue weighted by Crippen LogP contribution is -2.65. The van der Waals surface area contributed by atoms with Crippen LogP contribution in [0.3, 0.4) is 0 Å². The topological polar surface area (TPSA) is 191 Å². The number of pyridine rings is 1. The molecule has 0 bridgehead atoms. The van der Waals surface area contributed by atoms with Crippen molar-refractivity contribution >= 4 is 29.0 Å². The highest BCUT2D eigenvalue weighted by atomic mass is 16.3. The summed E-state index contributed by atoms with van der Waals surface area (Å²) < 4.78 is 0. The number of aromatic hydroxyl groups is 1. The molecule has 2 aromatic rings. The first-order valence-electron chi connectivity index (χ1n) is 16.8. The number of aliphatic hydroxyl groups excluding tert-OH is 2. The summed E-state index contributed by atoms with van der Waals surface area (Å²) in [5.41, 5.74) is 4.30. The van der Waals surface area contributed by atoms with Crippen molar-refractivity contribution in [2.45, 2.75) is 82.3 Å². The Morgan fingerprint density at radius 2 is 1.79 bits per heavy atom. The van der Waals surface area contributed by atoms with E-state index in [9.17, 15) is 39.6 Å². The molecule has 48 heavy (non-hydrogen) atoms. The molecule has 11 heteroatoms. The normalized spacial score (nSPS) is 26.0. The fraction of sp³-hybridized carbons (Fsp3) is 0.486. The zero-order valence-corrected chi connectivity index (χ0v) is 27.4. The molecule has 254 valence electrons. The number of hydrogen-bond donors (Lipinski definition) is 5. The van der Waals surface area contributed by atoms with E-state index in [1.54, 1.807) is 32.4 Å². The molecule has 0 unspecified atom stereocenters. The fourth-order valence-electron chi connectivity index (χ4n) is 8.62. The second-order valence-corrected chi connectivity index (χ2v) is 14.1. The van der Waals surface area contributed by atoms with E-state index in [-0.39, 0.29) is 48.4 Å². The van der Waals surface area contributed by atoms with Crippen molar-refractivity contribution in [3.8, 4) is 5.75 Å². The molecular formula is C37H43N3O8. The number of ketones is 3. The van der Waals surface area contributed by atoms with E-state index in [2.05, 4.69) is 4.98 Å². The minimum atomic E-state index is -2.70. The van der Waals surface area contributed by atoms with Gasteiger partial charge in [-0.05, 0) is 86.9 Å². The number of aromatic nitrogens is 1. The van der Waals surface area contributed by atoms with E-state index in [1.807, 2.05) is 6.07 Å². The standard InChI is InChI=1S/C37H43N3O8/c1-40(2)30-25-17-23-16-24-20(11-10-19-7-4-3-5-8-19)15-21(12-13-26(41)22-9-6-14-39-18-22)31(42)28(24)32(43)27(23)34(45)37(25,48)35(46)29(33(30)44)36(38)47/h6,9,14-15,18-19,23,25,30,42-43,46,48H,3-5,7-8,10-13,16-17H2,1-2H3,(H2,38,47)/t23-,25-,30+,37+/m0/s1. The number of phenols is 1. The molecule has 4 aliphatic rings. The zero-order chi connectivity index (χ0) is 34.5. The molecule has 0 spiro atoms. The number of hydrogen-bond acceptors (Lipinski definition) is 10. The van der Waals surface area contributed by atoms with Crippen molar-refractivity contribution in [3.63, 3.8) is 0 Å². The monoisotopic (exact) mass is 657 g/mol. The van der Waals surface area contributed by atoms with Gasteiger partial charge < -0.3 is 26.2 Å². The summed E-state index contributed by atoms with van der Waals surface area (Å²) in [6, 6.07) is 4.12. The SMILES string of the molecule is CN(C)[C@H]1C(=O)C(C(N)=O)=C(O)[C@]2(O)C(=O)C3=C(O)c4c(O)c(CCC(=O)c5cccnc5)cc(CCC5CCCCC5)c4C[C@H]3C[C@@H]12. The molecule has 1 aromatic carbocycles. The van der Waals surface area contributed by atoms with Crippen LogP contribution in [-0.2, 0) is 33.6 Å². The second kappa shape index (κ2) is 12.9. The van der Waals surface area contributed by atoms with Gasteiger partial charge in [0.1, 0.15) is 22.8 Å². The highest BCUT2D eigenvalue weighted by Crippen LogP contribution is 2.53. The fourth-order valence-corrected chi connectivity index (χ4v) is 8.62. The number of likely N-dealkylation sites (N-methyl/N-ethyl adjacent to an activating group) is 1. The first-order valence-corrected chi connectivity index (χ1v) is 16.8. The second-order valence-electron chi connectivity index (χ2n) is 14.1. The van der Waals surface area contributed by atoms with Gasteiger partial charge in [-0.1, -0.05) is 38.2 Å². The van der Waals surface area contributed by atoms with E-state index in [4.69, 9.17) is 5.73 Å². The number of fused-ring (bicyclic) bond motifs is 3. The number of Topliss-reactive ketones (excluding diaryl/α,β-unsaturated/α-hetero) is 3. The van der Waals surface area contributed by atoms with Crippen molar-refractivity contribution in [1.29, 1.82) is 0 Å². The number of primary amides is 1. The molecule has 2 saturated carbocycles. The van der Waals surface area contributed by atoms with Gasteiger partial charge >= 0.3 is 0 Å². The maximum absolute atomic E-state index is 14.3. The lowest BCUT2D eigenvalue weighted by molar-refractivity contribution is -0.153. The number of benzene rings is 1. The number of rotatable bonds is 9. The molecule has 2 fully saturated rings. The third-order valence-corrected chi connectivity index (χ3v) is 11.0. The van der Waals surface area contributed by atoms with E-state index >= 15 is 0 Å². The largest absolute Gasteiger partial charge is 0.508 e. The quantitative estimate of drug-likeness (QED) is 0.196. The number of nitrogens with two attached hydrogens (primary N) is 1. The van der Waals surface area contributed by atoms with Gasteiger partial charge in [-0.25, -0.2) is 0 Å². The lowest BCUT2D eigenvalue weighted by atomic mass is 9.57. The maximum atomic E-state index is 14.3. The molecule has 6 N–H and O–H groups in total. The minimum absolute atomic E-state index is 0.0377. The predicted octanol–water partition coefficient (Wildman–Crippen LogP) is 3.69. The highest BCUT2D eigenvalue weighted by Gasteiger charge is 2.64. The van der Waals surface area contributed by atoms with Gasteiger partial charge in [-0.2, -0.15) is 0 Å². The van der Waals surface area contributed by atoms with E-state index in [0.29, 0.717) is 29.0 Å². The highest BCUT2D eigenvalue weighted by molar-refractivity contribution is 6.24. The Hall–Kier alpha value is -4.35. The van der Waals surface area contributed by atoms with E-state index < -0.39 is 58.0 Å². The molecule has 1 amide bonds. The van der Waals surface area contributed by atoms with Gasteiger partial charge in [-0.3, -0.25) is 29.1 Å². The average molecular weight is 658 g/mol.